The summed E-state index contributed by atoms with van der Waals surface area (Å²) in [6, 6.07) is 4.52. The number of carboxylic acids is 1. The number of methoxy groups -OCH3 is 1. The molecule has 0 bridgehead atoms. The third kappa shape index (κ3) is 3.24. The van der Waals surface area contributed by atoms with E-state index in [9.17, 15) is 20.0 Å². The second kappa shape index (κ2) is 5.99. The number of hydrogen-bond donors (Lipinski definition) is 1. The molecule has 114 valence electrons. The summed E-state index contributed by atoms with van der Waals surface area (Å²) in [5.41, 5.74) is 0.381. The first-order chi connectivity index (χ1) is 9.92. The zero-order valence-corrected chi connectivity index (χ0v) is 12.0. The van der Waals surface area contributed by atoms with Gasteiger partial charge in [0, 0.05) is 25.2 Å². The van der Waals surface area contributed by atoms with Crippen LogP contribution in [0, 0.1) is 22.0 Å². The number of rotatable bonds is 4. The summed E-state index contributed by atoms with van der Waals surface area (Å²) in [7, 11) is 1.49. The Hall–Kier alpha value is -2.31. The van der Waals surface area contributed by atoms with Gasteiger partial charge in [0.2, 0.25) is 0 Å². The Balaban J connectivity index is 2.38. The largest absolute Gasteiger partial charge is 0.497 e. The van der Waals surface area contributed by atoms with Gasteiger partial charge in [0.05, 0.1) is 18.0 Å². The van der Waals surface area contributed by atoms with Crippen LogP contribution in [0.2, 0.25) is 0 Å². The van der Waals surface area contributed by atoms with E-state index in [2.05, 4.69) is 0 Å². The predicted molar refractivity (Wildman–Crippen MR) is 76.8 cm³/mol. The van der Waals surface area contributed by atoms with E-state index in [0.29, 0.717) is 24.4 Å². The number of nitro benzene ring substituents is 1. The summed E-state index contributed by atoms with van der Waals surface area (Å²) in [6.07, 6.45) is 0.587. The third-order valence-electron chi connectivity index (χ3n) is 3.73. The van der Waals surface area contributed by atoms with E-state index in [4.69, 9.17) is 4.74 Å². The Morgan fingerprint density at radius 3 is 2.76 bits per heavy atom. The van der Waals surface area contributed by atoms with Gasteiger partial charge in [0.1, 0.15) is 11.4 Å². The molecule has 0 amide bonds. The van der Waals surface area contributed by atoms with E-state index in [-0.39, 0.29) is 18.2 Å². The third-order valence-corrected chi connectivity index (χ3v) is 3.73. The van der Waals surface area contributed by atoms with Crippen molar-refractivity contribution in [3.8, 4) is 5.75 Å². The molecule has 1 aromatic rings. The molecule has 1 aliphatic heterocycles. The zero-order valence-electron chi connectivity index (χ0n) is 12.0. The maximum absolute atomic E-state index is 11.2. The fraction of sp³-hybridized carbons (Fsp3) is 0.500. The fourth-order valence-electron chi connectivity index (χ4n) is 2.77. The Kier molecular flexibility index (Phi) is 4.30. The molecular weight excluding hydrogens is 276 g/mol. The monoisotopic (exact) mass is 294 g/mol. The lowest BCUT2D eigenvalue weighted by atomic mass is 9.90. The molecule has 2 atom stereocenters. The molecule has 1 aliphatic rings. The van der Waals surface area contributed by atoms with Gasteiger partial charge in [-0.1, -0.05) is 6.92 Å². The summed E-state index contributed by atoms with van der Waals surface area (Å²) in [6.45, 7) is 2.82. The summed E-state index contributed by atoms with van der Waals surface area (Å²) < 4.78 is 5.12. The molecule has 1 heterocycles. The van der Waals surface area contributed by atoms with Gasteiger partial charge in [-0.3, -0.25) is 14.9 Å². The van der Waals surface area contributed by atoms with Crippen LogP contribution in [0.4, 0.5) is 11.4 Å². The van der Waals surface area contributed by atoms with Gasteiger partial charge in [-0.15, -0.1) is 0 Å². The Morgan fingerprint density at radius 1 is 1.48 bits per heavy atom. The smallest absolute Gasteiger partial charge is 0.308 e. The maximum atomic E-state index is 11.2. The van der Waals surface area contributed by atoms with Crippen molar-refractivity contribution < 1.29 is 19.6 Å². The molecule has 21 heavy (non-hydrogen) atoms. The second-order valence-electron chi connectivity index (χ2n) is 5.39. The van der Waals surface area contributed by atoms with Crippen molar-refractivity contribution in [2.75, 3.05) is 25.1 Å². The maximum Gasteiger partial charge on any atom is 0.308 e. The Labute approximate surface area is 122 Å². The SMILES string of the molecule is COc1ccc([N+](=O)[O-])c(N2CC(C)CC(C(=O)O)C2)c1. The first kappa shape index (κ1) is 15.1. The highest BCUT2D eigenvalue weighted by molar-refractivity contribution is 5.73. The minimum absolute atomic E-state index is 0.0333. The second-order valence-corrected chi connectivity index (χ2v) is 5.39. The van der Waals surface area contributed by atoms with Crippen molar-refractivity contribution in [1.29, 1.82) is 0 Å². The van der Waals surface area contributed by atoms with Crippen LogP contribution in [0.3, 0.4) is 0 Å². The van der Waals surface area contributed by atoms with Crippen molar-refractivity contribution in [3.05, 3.63) is 28.3 Å². The topological polar surface area (TPSA) is 92.9 Å². The first-order valence-electron chi connectivity index (χ1n) is 6.72. The van der Waals surface area contributed by atoms with Crippen molar-refractivity contribution in [2.45, 2.75) is 13.3 Å². The van der Waals surface area contributed by atoms with Crippen molar-refractivity contribution >= 4 is 17.3 Å². The lowest BCUT2D eigenvalue weighted by Gasteiger charge is -2.36. The number of benzene rings is 1. The summed E-state index contributed by atoms with van der Waals surface area (Å²) in [4.78, 5) is 23.7. The van der Waals surface area contributed by atoms with Gasteiger partial charge in [-0.05, 0) is 18.4 Å². The minimum atomic E-state index is -0.864. The van der Waals surface area contributed by atoms with Crippen molar-refractivity contribution in [2.24, 2.45) is 11.8 Å². The standard InChI is InChI=1S/C14H18N2O5/c1-9-5-10(14(17)18)8-15(7-9)13-6-11(21-2)3-4-12(13)16(19)20/h3-4,6,9-10H,5,7-8H2,1-2H3,(H,17,18). The van der Waals surface area contributed by atoms with Crippen LogP contribution in [0.25, 0.3) is 0 Å². The average molecular weight is 294 g/mol. The predicted octanol–water partition coefficient (Wildman–Crippen LogP) is 2.15. The van der Waals surface area contributed by atoms with E-state index in [0.717, 1.165) is 0 Å². The lowest BCUT2D eigenvalue weighted by Crippen LogP contribution is -2.42. The summed E-state index contributed by atoms with van der Waals surface area (Å²) >= 11 is 0. The van der Waals surface area contributed by atoms with Crippen LogP contribution in [-0.4, -0.2) is 36.2 Å². The van der Waals surface area contributed by atoms with Gasteiger partial charge in [-0.2, -0.15) is 0 Å². The molecule has 0 spiro atoms. The van der Waals surface area contributed by atoms with Crippen molar-refractivity contribution in [1.82, 2.24) is 0 Å². The molecule has 2 rings (SSSR count). The van der Waals surface area contributed by atoms with E-state index >= 15 is 0 Å². The molecule has 7 nitrogen and oxygen atoms in total. The number of ether oxygens (including phenoxy) is 1. The number of hydrogen-bond acceptors (Lipinski definition) is 5. The first-order valence-corrected chi connectivity index (χ1v) is 6.72. The molecule has 0 saturated carbocycles. The van der Waals surface area contributed by atoms with Crippen LogP contribution in [0.15, 0.2) is 18.2 Å². The van der Waals surface area contributed by atoms with Gasteiger partial charge < -0.3 is 14.7 Å². The van der Waals surface area contributed by atoms with Crippen molar-refractivity contribution in [3.63, 3.8) is 0 Å². The molecule has 0 aliphatic carbocycles. The number of aliphatic carboxylic acids is 1. The molecule has 0 aromatic heterocycles. The average Bonchev–Trinajstić information content (AvgIpc) is 2.45. The highest BCUT2D eigenvalue weighted by Gasteiger charge is 2.32. The molecule has 1 saturated heterocycles. The van der Waals surface area contributed by atoms with Crippen LogP contribution in [0.5, 0.6) is 5.75 Å². The Bertz CT molecular complexity index is 560. The number of nitro groups is 1. The molecule has 1 N–H and O–H groups in total. The van der Waals surface area contributed by atoms with Crippen LogP contribution >= 0.6 is 0 Å². The summed E-state index contributed by atoms with van der Waals surface area (Å²) in [5, 5.41) is 20.4. The highest BCUT2D eigenvalue weighted by atomic mass is 16.6. The highest BCUT2D eigenvalue weighted by Crippen LogP contribution is 2.35. The van der Waals surface area contributed by atoms with E-state index in [1.807, 2.05) is 6.92 Å². The number of carbonyl (C=O) groups is 1. The van der Waals surface area contributed by atoms with E-state index in [1.54, 1.807) is 11.0 Å². The molecule has 7 heteroatoms. The lowest BCUT2D eigenvalue weighted by molar-refractivity contribution is -0.384. The van der Waals surface area contributed by atoms with Crippen LogP contribution in [0.1, 0.15) is 13.3 Å². The van der Waals surface area contributed by atoms with Gasteiger partial charge in [0.15, 0.2) is 0 Å². The van der Waals surface area contributed by atoms with Gasteiger partial charge >= 0.3 is 5.97 Å². The van der Waals surface area contributed by atoms with E-state index < -0.39 is 16.8 Å². The van der Waals surface area contributed by atoms with Crippen LogP contribution in [-0.2, 0) is 4.79 Å². The minimum Gasteiger partial charge on any atom is -0.497 e. The summed E-state index contributed by atoms with van der Waals surface area (Å²) in [5.74, 6) is -0.706. The van der Waals surface area contributed by atoms with Gasteiger partial charge in [-0.25, -0.2) is 0 Å². The number of nitrogens with zero attached hydrogens (tertiary/aromatic N) is 2. The Morgan fingerprint density at radius 2 is 2.19 bits per heavy atom. The fourth-order valence-corrected chi connectivity index (χ4v) is 2.77. The molecular formula is C14H18N2O5. The number of carboxylic acid groups (broad SMARTS) is 1. The molecule has 1 aromatic carbocycles. The number of anilines is 1. The quantitative estimate of drug-likeness (QED) is 0.675. The van der Waals surface area contributed by atoms with Gasteiger partial charge in [0.25, 0.3) is 5.69 Å². The van der Waals surface area contributed by atoms with E-state index in [1.165, 1.54) is 19.2 Å². The zero-order chi connectivity index (χ0) is 15.6. The molecule has 0 radical (unpaired) electrons. The normalized spacial score (nSPS) is 21.9. The molecule has 1 fully saturated rings. The number of piperidine rings is 1. The molecule has 2 unspecified atom stereocenters. The van der Waals surface area contributed by atoms with Crippen LogP contribution < -0.4 is 9.64 Å².